The molecule has 1 amide bonds. The molecule has 106 valence electrons. The van der Waals surface area contributed by atoms with Crippen molar-refractivity contribution in [3.63, 3.8) is 0 Å². The van der Waals surface area contributed by atoms with Crippen LogP contribution in [0.15, 0.2) is 0 Å². The number of hydrogen-bond donors (Lipinski definition) is 0. The Morgan fingerprint density at radius 1 is 1.33 bits per heavy atom. The Hall–Kier alpha value is -0.900. The Morgan fingerprint density at radius 3 is 2.17 bits per heavy atom. The molecule has 1 atom stereocenters. The molecule has 1 unspecified atom stereocenters. The number of ketones is 1. The van der Waals surface area contributed by atoms with Crippen molar-refractivity contribution in [1.82, 2.24) is 4.90 Å². The zero-order valence-corrected chi connectivity index (χ0v) is 12.6. The van der Waals surface area contributed by atoms with E-state index in [2.05, 4.69) is 0 Å². The van der Waals surface area contributed by atoms with Crippen molar-refractivity contribution in [3.05, 3.63) is 0 Å². The quantitative estimate of drug-likeness (QED) is 0.763. The first-order chi connectivity index (χ1) is 8.22. The van der Waals surface area contributed by atoms with E-state index in [1.165, 1.54) is 0 Å². The standard InChI is InChI=1S/C9H15NO2.C5H12O/c1-3-9(12)10-6-4-5-8(10)7(2)11;1-5(2,3)6-4/h8H,3-6H2,1-2H3;1-4H3. The van der Waals surface area contributed by atoms with Gasteiger partial charge in [0.25, 0.3) is 0 Å². The number of carbonyl (C=O) groups is 2. The summed E-state index contributed by atoms with van der Waals surface area (Å²) in [6.07, 6.45) is 2.32. The van der Waals surface area contributed by atoms with Crippen LogP contribution in [0.2, 0.25) is 0 Å². The average Bonchev–Trinajstić information content (AvgIpc) is 2.77. The Balaban J connectivity index is 0.000000411. The van der Waals surface area contributed by atoms with E-state index in [4.69, 9.17) is 4.74 Å². The van der Waals surface area contributed by atoms with Gasteiger partial charge < -0.3 is 9.64 Å². The predicted molar refractivity (Wildman–Crippen MR) is 72.5 cm³/mol. The molecule has 0 aromatic heterocycles. The number of amides is 1. The molecule has 18 heavy (non-hydrogen) atoms. The summed E-state index contributed by atoms with van der Waals surface area (Å²) in [5.41, 5.74) is 0.0417. The zero-order valence-electron chi connectivity index (χ0n) is 12.6. The first-order valence-electron chi connectivity index (χ1n) is 6.58. The van der Waals surface area contributed by atoms with Gasteiger partial charge in [-0.3, -0.25) is 9.59 Å². The molecule has 1 heterocycles. The van der Waals surface area contributed by atoms with Gasteiger partial charge in [-0.1, -0.05) is 6.92 Å². The highest BCUT2D eigenvalue weighted by Crippen LogP contribution is 2.18. The Morgan fingerprint density at radius 2 is 1.83 bits per heavy atom. The third-order valence-corrected chi connectivity index (χ3v) is 2.96. The molecule has 1 aliphatic rings. The third-order valence-electron chi connectivity index (χ3n) is 2.96. The highest BCUT2D eigenvalue weighted by Gasteiger charge is 2.30. The highest BCUT2D eigenvalue weighted by molar-refractivity contribution is 5.87. The molecule has 0 saturated carbocycles. The summed E-state index contributed by atoms with van der Waals surface area (Å²) in [7, 11) is 1.71. The van der Waals surface area contributed by atoms with Crippen LogP contribution >= 0.6 is 0 Å². The normalized spacial score (nSPS) is 19.2. The topological polar surface area (TPSA) is 46.6 Å². The molecule has 4 heteroatoms. The van der Waals surface area contributed by atoms with E-state index in [0.29, 0.717) is 6.42 Å². The number of Topliss-reactive ketones (excluding diaryl/α,β-unsaturated/α-hetero) is 1. The van der Waals surface area contributed by atoms with E-state index in [9.17, 15) is 9.59 Å². The van der Waals surface area contributed by atoms with Crippen LogP contribution in [0.4, 0.5) is 0 Å². The van der Waals surface area contributed by atoms with Crippen LogP contribution in [-0.4, -0.2) is 41.9 Å². The maximum Gasteiger partial charge on any atom is 0.222 e. The minimum Gasteiger partial charge on any atom is -0.379 e. The van der Waals surface area contributed by atoms with Crippen molar-refractivity contribution in [2.24, 2.45) is 0 Å². The van der Waals surface area contributed by atoms with Crippen molar-refractivity contribution < 1.29 is 14.3 Å². The second-order valence-corrected chi connectivity index (χ2v) is 5.53. The summed E-state index contributed by atoms with van der Waals surface area (Å²) in [6, 6.07) is -0.127. The molecule has 0 bridgehead atoms. The number of carbonyl (C=O) groups excluding carboxylic acids is 2. The smallest absolute Gasteiger partial charge is 0.222 e. The zero-order chi connectivity index (χ0) is 14.3. The summed E-state index contributed by atoms with van der Waals surface area (Å²) in [4.78, 5) is 24.1. The van der Waals surface area contributed by atoms with Gasteiger partial charge in [-0.15, -0.1) is 0 Å². The fourth-order valence-electron chi connectivity index (χ4n) is 1.69. The van der Waals surface area contributed by atoms with E-state index in [1.807, 2.05) is 27.7 Å². The lowest BCUT2D eigenvalue weighted by atomic mass is 10.1. The fourth-order valence-corrected chi connectivity index (χ4v) is 1.69. The monoisotopic (exact) mass is 257 g/mol. The van der Waals surface area contributed by atoms with E-state index in [0.717, 1.165) is 19.4 Å². The van der Waals surface area contributed by atoms with E-state index < -0.39 is 0 Å². The lowest BCUT2D eigenvalue weighted by Crippen LogP contribution is -2.39. The van der Waals surface area contributed by atoms with Crippen molar-refractivity contribution in [1.29, 1.82) is 0 Å². The molecule has 0 aromatic rings. The number of likely N-dealkylation sites (tertiary alicyclic amines) is 1. The van der Waals surface area contributed by atoms with Crippen LogP contribution in [0.5, 0.6) is 0 Å². The fraction of sp³-hybridized carbons (Fsp3) is 0.857. The van der Waals surface area contributed by atoms with Crippen LogP contribution in [-0.2, 0) is 14.3 Å². The van der Waals surface area contributed by atoms with Gasteiger partial charge in [-0.05, 0) is 40.5 Å². The number of ether oxygens (including phenoxy) is 1. The SMILES string of the molecule is CCC(=O)N1CCCC1C(C)=O.COC(C)(C)C. The van der Waals surface area contributed by atoms with Gasteiger partial charge in [0, 0.05) is 20.1 Å². The molecule has 1 aliphatic heterocycles. The van der Waals surface area contributed by atoms with E-state index in [-0.39, 0.29) is 23.3 Å². The third kappa shape index (κ3) is 6.15. The van der Waals surface area contributed by atoms with Crippen LogP contribution in [0.1, 0.15) is 53.9 Å². The van der Waals surface area contributed by atoms with Gasteiger partial charge >= 0.3 is 0 Å². The van der Waals surface area contributed by atoms with Gasteiger partial charge in [-0.2, -0.15) is 0 Å². The van der Waals surface area contributed by atoms with Crippen LogP contribution in [0, 0.1) is 0 Å². The Kier molecular flexibility index (Phi) is 7.14. The molecule has 1 saturated heterocycles. The molecule has 0 radical (unpaired) electrons. The number of hydrogen-bond acceptors (Lipinski definition) is 3. The summed E-state index contributed by atoms with van der Waals surface area (Å²) in [6.45, 7) is 10.2. The Labute approximate surface area is 111 Å². The van der Waals surface area contributed by atoms with Gasteiger partial charge in [-0.25, -0.2) is 0 Å². The van der Waals surface area contributed by atoms with Crippen molar-refractivity contribution in [2.75, 3.05) is 13.7 Å². The minimum absolute atomic E-state index is 0.0417. The predicted octanol–water partition coefficient (Wildman–Crippen LogP) is 2.41. The van der Waals surface area contributed by atoms with Gasteiger partial charge in [0.2, 0.25) is 5.91 Å². The van der Waals surface area contributed by atoms with Gasteiger partial charge in [0.1, 0.15) is 0 Å². The van der Waals surface area contributed by atoms with Crippen LogP contribution in [0.25, 0.3) is 0 Å². The molecule has 0 aliphatic carbocycles. The minimum atomic E-state index is -0.127. The second kappa shape index (κ2) is 7.52. The maximum absolute atomic E-state index is 11.3. The molecule has 1 rings (SSSR count). The largest absolute Gasteiger partial charge is 0.379 e. The highest BCUT2D eigenvalue weighted by atomic mass is 16.5. The first kappa shape index (κ1) is 17.1. The molecule has 0 aromatic carbocycles. The van der Waals surface area contributed by atoms with Crippen molar-refractivity contribution in [2.45, 2.75) is 65.5 Å². The van der Waals surface area contributed by atoms with Crippen molar-refractivity contribution >= 4 is 11.7 Å². The summed E-state index contributed by atoms with van der Waals surface area (Å²) in [5, 5.41) is 0. The van der Waals surface area contributed by atoms with Crippen LogP contribution < -0.4 is 0 Å². The molecule has 4 nitrogen and oxygen atoms in total. The van der Waals surface area contributed by atoms with Gasteiger partial charge in [0.05, 0.1) is 11.6 Å². The maximum atomic E-state index is 11.3. The lowest BCUT2D eigenvalue weighted by molar-refractivity contribution is -0.136. The first-order valence-corrected chi connectivity index (χ1v) is 6.58. The molecular formula is C14H27NO3. The molecule has 1 fully saturated rings. The summed E-state index contributed by atoms with van der Waals surface area (Å²) < 4.78 is 4.94. The number of nitrogens with zero attached hydrogens (tertiary/aromatic N) is 1. The molecule has 0 spiro atoms. The molecular weight excluding hydrogens is 230 g/mol. The number of methoxy groups -OCH3 is 1. The average molecular weight is 257 g/mol. The summed E-state index contributed by atoms with van der Waals surface area (Å²) in [5.74, 6) is 0.224. The van der Waals surface area contributed by atoms with Crippen molar-refractivity contribution in [3.8, 4) is 0 Å². The summed E-state index contributed by atoms with van der Waals surface area (Å²) >= 11 is 0. The Bertz CT molecular complexity index is 281. The van der Waals surface area contributed by atoms with E-state index in [1.54, 1.807) is 18.9 Å². The molecule has 0 N–H and O–H groups in total. The van der Waals surface area contributed by atoms with E-state index >= 15 is 0 Å². The van der Waals surface area contributed by atoms with Crippen LogP contribution in [0.3, 0.4) is 0 Å². The van der Waals surface area contributed by atoms with Gasteiger partial charge in [0.15, 0.2) is 5.78 Å². The lowest BCUT2D eigenvalue weighted by Gasteiger charge is -2.21. The number of rotatable bonds is 2. The second-order valence-electron chi connectivity index (χ2n) is 5.53.